The van der Waals surface area contributed by atoms with E-state index in [4.69, 9.17) is 4.74 Å². The minimum atomic E-state index is -0.393. The van der Waals surface area contributed by atoms with Gasteiger partial charge in [0.05, 0.1) is 20.6 Å². The summed E-state index contributed by atoms with van der Waals surface area (Å²) in [4.78, 5) is 39.0. The Kier molecular flexibility index (Phi) is 6.17. The molecule has 0 bridgehead atoms. The van der Waals surface area contributed by atoms with E-state index in [1.165, 1.54) is 7.11 Å². The molecule has 7 heteroatoms. The molecule has 1 fully saturated rings. The van der Waals surface area contributed by atoms with E-state index in [1.807, 2.05) is 0 Å². The van der Waals surface area contributed by atoms with E-state index >= 15 is 0 Å². The predicted molar refractivity (Wildman–Crippen MR) is 86.7 cm³/mol. The summed E-state index contributed by atoms with van der Waals surface area (Å²) in [6.07, 6.45) is 0.217. The zero-order chi connectivity index (χ0) is 17.5. The molecule has 0 aromatic heterocycles. The molecule has 0 unspecified atom stereocenters. The molecule has 0 spiro atoms. The van der Waals surface area contributed by atoms with Crippen molar-refractivity contribution in [3.8, 4) is 5.75 Å². The van der Waals surface area contributed by atoms with E-state index in [-0.39, 0.29) is 24.7 Å². The monoisotopic (exact) mass is 334 g/mol. The second kappa shape index (κ2) is 8.33. The van der Waals surface area contributed by atoms with Crippen LogP contribution in [0.25, 0.3) is 0 Å². The van der Waals surface area contributed by atoms with Crippen molar-refractivity contribution in [2.75, 3.05) is 40.4 Å². The number of hydrogen-bond acceptors (Lipinski definition) is 5. The quantitative estimate of drug-likeness (QED) is 0.749. The predicted octanol–water partition coefficient (Wildman–Crippen LogP) is 0.933. The molecule has 7 nitrogen and oxygen atoms in total. The fraction of sp³-hybridized carbons (Fsp3) is 0.471. The number of carbonyl (C=O) groups is 3. The fourth-order valence-corrected chi connectivity index (χ4v) is 2.57. The fourth-order valence-electron chi connectivity index (χ4n) is 2.57. The second-order valence-electron chi connectivity index (χ2n) is 5.48. The SMILES string of the molecule is COC(=O)CCC(=O)N1CCN(C(=O)c2cccc(OC)c2)CC1. The van der Waals surface area contributed by atoms with Gasteiger partial charge in [0.15, 0.2) is 0 Å². The summed E-state index contributed by atoms with van der Waals surface area (Å²) in [5, 5.41) is 0. The molecule has 1 saturated heterocycles. The summed E-state index contributed by atoms with van der Waals surface area (Å²) in [5.41, 5.74) is 0.569. The number of nitrogens with zero attached hydrogens (tertiary/aromatic N) is 2. The van der Waals surface area contributed by atoms with Crippen molar-refractivity contribution in [2.45, 2.75) is 12.8 Å². The Hall–Kier alpha value is -2.57. The van der Waals surface area contributed by atoms with Crippen molar-refractivity contribution < 1.29 is 23.9 Å². The van der Waals surface area contributed by atoms with Crippen LogP contribution in [-0.4, -0.2) is 68.0 Å². The van der Waals surface area contributed by atoms with Gasteiger partial charge in [-0.1, -0.05) is 6.07 Å². The number of hydrogen-bond donors (Lipinski definition) is 0. The van der Waals surface area contributed by atoms with Crippen LogP contribution in [0.1, 0.15) is 23.2 Å². The first-order valence-electron chi connectivity index (χ1n) is 7.83. The van der Waals surface area contributed by atoms with Gasteiger partial charge in [-0.3, -0.25) is 14.4 Å². The van der Waals surface area contributed by atoms with Gasteiger partial charge in [0.1, 0.15) is 5.75 Å². The molecule has 0 radical (unpaired) electrons. The van der Waals surface area contributed by atoms with Gasteiger partial charge >= 0.3 is 5.97 Å². The summed E-state index contributed by atoms with van der Waals surface area (Å²) in [6.45, 7) is 1.88. The Bertz CT molecular complexity index is 609. The van der Waals surface area contributed by atoms with E-state index < -0.39 is 5.97 Å². The van der Waals surface area contributed by atoms with Crippen LogP contribution < -0.4 is 4.74 Å². The number of methoxy groups -OCH3 is 2. The summed E-state index contributed by atoms with van der Waals surface area (Å²) in [5.74, 6) is 0.0806. The van der Waals surface area contributed by atoms with Crippen molar-refractivity contribution in [3.63, 3.8) is 0 Å². The van der Waals surface area contributed by atoms with Crippen molar-refractivity contribution in [2.24, 2.45) is 0 Å². The maximum Gasteiger partial charge on any atom is 0.306 e. The Labute approximate surface area is 141 Å². The van der Waals surface area contributed by atoms with Crippen LogP contribution in [0.4, 0.5) is 0 Å². The normalized spacial score (nSPS) is 14.2. The van der Waals surface area contributed by atoms with Crippen LogP contribution in [0.2, 0.25) is 0 Å². The number of amides is 2. The van der Waals surface area contributed by atoms with Gasteiger partial charge in [0.2, 0.25) is 5.91 Å². The first-order chi connectivity index (χ1) is 11.5. The number of rotatable bonds is 5. The zero-order valence-electron chi connectivity index (χ0n) is 14.0. The number of ether oxygens (including phenoxy) is 2. The highest BCUT2D eigenvalue weighted by molar-refractivity contribution is 5.94. The van der Waals surface area contributed by atoms with Crippen LogP contribution in [0, 0.1) is 0 Å². The first-order valence-corrected chi connectivity index (χ1v) is 7.83. The average molecular weight is 334 g/mol. The molecule has 0 saturated carbocycles. The molecule has 1 heterocycles. The Morgan fingerprint density at radius 1 is 1.00 bits per heavy atom. The summed E-state index contributed by atoms with van der Waals surface area (Å²) in [7, 11) is 2.86. The Morgan fingerprint density at radius 3 is 2.29 bits per heavy atom. The van der Waals surface area contributed by atoms with E-state index in [0.29, 0.717) is 37.5 Å². The third kappa shape index (κ3) is 4.47. The van der Waals surface area contributed by atoms with Crippen molar-refractivity contribution >= 4 is 17.8 Å². The minimum absolute atomic E-state index is 0.0736. The second-order valence-corrected chi connectivity index (χ2v) is 5.48. The summed E-state index contributed by atoms with van der Waals surface area (Å²) in [6, 6.07) is 7.02. The van der Waals surface area contributed by atoms with Gasteiger partial charge in [0.25, 0.3) is 5.91 Å². The molecule has 0 aliphatic carbocycles. The number of carbonyl (C=O) groups excluding carboxylic acids is 3. The largest absolute Gasteiger partial charge is 0.497 e. The smallest absolute Gasteiger partial charge is 0.306 e. The molecule has 1 aromatic rings. The number of esters is 1. The van der Waals surface area contributed by atoms with Crippen molar-refractivity contribution in [1.82, 2.24) is 9.80 Å². The molecule has 0 N–H and O–H groups in total. The lowest BCUT2D eigenvalue weighted by atomic mass is 10.1. The standard InChI is InChI=1S/C17H22N2O5/c1-23-14-5-3-4-13(12-14)17(22)19-10-8-18(9-11-19)15(20)6-7-16(21)24-2/h3-5,12H,6-11H2,1-2H3. The molecule has 0 atom stereocenters. The van der Waals surface area contributed by atoms with Crippen molar-refractivity contribution in [1.29, 1.82) is 0 Å². The lowest BCUT2D eigenvalue weighted by Gasteiger charge is -2.34. The topological polar surface area (TPSA) is 76.2 Å². The highest BCUT2D eigenvalue weighted by Crippen LogP contribution is 2.16. The van der Waals surface area contributed by atoms with Crippen LogP contribution in [-0.2, 0) is 14.3 Å². The van der Waals surface area contributed by atoms with Crippen LogP contribution >= 0.6 is 0 Å². The summed E-state index contributed by atoms with van der Waals surface area (Å²) >= 11 is 0. The first kappa shape index (κ1) is 17.8. The molecule has 1 aliphatic heterocycles. The van der Waals surface area contributed by atoms with Crippen LogP contribution in [0.15, 0.2) is 24.3 Å². The zero-order valence-corrected chi connectivity index (χ0v) is 14.0. The van der Waals surface area contributed by atoms with E-state index in [2.05, 4.69) is 4.74 Å². The van der Waals surface area contributed by atoms with E-state index in [1.54, 1.807) is 41.2 Å². The minimum Gasteiger partial charge on any atom is -0.497 e. The van der Waals surface area contributed by atoms with Gasteiger partial charge in [0, 0.05) is 38.2 Å². The third-order valence-electron chi connectivity index (χ3n) is 4.01. The highest BCUT2D eigenvalue weighted by Gasteiger charge is 2.25. The molecule has 24 heavy (non-hydrogen) atoms. The lowest BCUT2D eigenvalue weighted by Crippen LogP contribution is -2.50. The maximum atomic E-state index is 12.5. The molecule has 2 rings (SSSR count). The number of benzene rings is 1. The maximum absolute atomic E-state index is 12.5. The van der Waals surface area contributed by atoms with Gasteiger partial charge in [-0.15, -0.1) is 0 Å². The molecule has 2 amide bonds. The third-order valence-corrected chi connectivity index (χ3v) is 4.01. The molecule has 1 aliphatic rings. The molecular weight excluding hydrogens is 312 g/mol. The average Bonchev–Trinajstić information content (AvgIpc) is 2.65. The summed E-state index contributed by atoms with van der Waals surface area (Å²) < 4.78 is 9.67. The van der Waals surface area contributed by atoms with E-state index in [0.717, 1.165) is 0 Å². The van der Waals surface area contributed by atoms with E-state index in [9.17, 15) is 14.4 Å². The van der Waals surface area contributed by atoms with Gasteiger partial charge < -0.3 is 19.3 Å². The molecule has 1 aromatic carbocycles. The van der Waals surface area contributed by atoms with Crippen LogP contribution in [0.3, 0.4) is 0 Å². The molecule has 130 valence electrons. The molecular formula is C17H22N2O5. The van der Waals surface area contributed by atoms with Gasteiger partial charge in [-0.25, -0.2) is 0 Å². The lowest BCUT2D eigenvalue weighted by molar-refractivity contribution is -0.143. The Morgan fingerprint density at radius 2 is 1.67 bits per heavy atom. The van der Waals surface area contributed by atoms with Gasteiger partial charge in [-0.2, -0.15) is 0 Å². The van der Waals surface area contributed by atoms with Crippen molar-refractivity contribution in [3.05, 3.63) is 29.8 Å². The Balaban J connectivity index is 1.86. The van der Waals surface area contributed by atoms with Crippen LogP contribution in [0.5, 0.6) is 5.75 Å². The number of piperazine rings is 1. The van der Waals surface area contributed by atoms with Gasteiger partial charge in [-0.05, 0) is 18.2 Å². The highest BCUT2D eigenvalue weighted by atomic mass is 16.5.